The number of hydrogen-bond acceptors (Lipinski definition) is 8. The van der Waals surface area contributed by atoms with E-state index in [-0.39, 0.29) is 63.0 Å². The Bertz CT molecular complexity index is 1970. The topological polar surface area (TPSA) is 119 Å². The van der Waals surface area contributed by atoms with E-state index in [2.05, 4.69) is 52.9 Å². The largest absolute Gasteiger partial charge is 1.00 e. The monoisotopic (exact) mass is 992 g/mol. The third kappa shape index (κ3) is 16.4. The zero-order valence-corrected chi connectivity index (χ0v) is 38.0. The molecule has 0 aliphatic heterocycles. The number of rotatable bonds is 11. The molecule has 0 unspecified atom stereocenters. The van der Waals surface area contributed by atoms with Crippen LogP contribution in [0.2, 0.25) is 0 Å². The molecule has 6 aromatic carbocycles. The molecule has 0 aliphatic rings. The maximum atomic E-state index is 12.4. The van der Waals surface area contributed by atoms with Gasteiger partial charge in [-0.2, -0.15) is 0 Å². The first kappa shape index (κ1) is 50.3. The van der Waals surface area contributed by atoms with Crippen molar-refractivity contribution < 1.29 is 61.0 Å². The van der Waals surface area contributed by atoms with Gasteiger partial charge < -0.3 is 43.0 Å². The minimum atomic E-state index is -3.72. The van der Waals surface area contributed by atoms with Gasteiger partial charge in [-0.05, 0) is 86.6 Å². The Kier molecular flexibility index (Phi) is 24.1. The van der Waals surface area contributed by atoms with Crippen LogP contribution in [0.1, 0.15) is 34.6 Å². The molecule has 0 bridgehead atoms. The molecule has 6 aromatic rings. The molecule has 0 amide bonds. The van der Waals surface area contributed by atoms with Crippen LogP contribution >= 0.6 is 23.2 Å². The molecule has 0 heterocycles. The quantitative estimate of drug-likeness (QED) is 0.0357. The van der Waals surface area contributed by atoms with Crippen LogP contribution in [0, 0.1) is 0 Å². The van der Waals surface area contributed by atoms with Crippen LogP contribution in [0.5, 0.6) is 0 Å². The third-order valence-electron chi connectivity index (χ3n) is 7.24. The maximum absolute atomic E-state index is 12.4. The predicted molar refractivity (Wildman–Crippen MR) is 227 cm³/mol. The summed E-state index contributed by atoms with van der Waals surface area (Å²) in [7, 11) is -4.42. The minimum Gasteiger partial charge on any atom is -1.00 e. The van der Waals surface area contributed by atoms with Gasteiger partial charge in [-0.3, -0.25) is 0 Å². The van der Waals surface area contributed by atoms with E-state index in [1.807, 2.05) is 135 Å². The molecule has 0 atom stereocenters. The highest BCUT2D eigenvalue weighted by Gasteiger charge is 2.34. The van der Waals surface area contributed by atoms with Crippen molar-refractivity contribution in [2.45, 2.75) is 43.2 Å². The fourth-order valence-corrected chi connectivity index (χ4v) is 9.50. The normalized spacial score (nSPS) is 10.3. The van der Waals surface area contributed by atoms with E-state index in [4.69, 9.17) is 37.9 Å². The van der Waals surface area contributed by atoms with E-state index >= 15 is 0 Å². The SMILES string of the molecule is CCOC(=O)c1ccccc1[S+](c1ccccc1)c1ccccc1.CCOC(=O)c1ccccc1[S+](c1ccccc1)c1ccccc1.CS(=O)(=O)O[O-].ClCCl.[I-]. The number of carbonyl (C=O) groups is 2. The van der Waals surface area contributed by atoms with Crippen molar-refractivity contribution in [3.8, 4) is 0 Å². The fraction of sp³-hybridized carbons (Fsp3) is 0.136. The predicted octanol–water partition coefficient (Wildman–Crippen LogP) is 6.58. The summed E-state index contributed by atoms with van der Waals surface area (Å²) in [5.41, 5.74) is 1.27. The number of alkyl halides is 2. The van der Waals surface area contributed by atoms with Crippen molar-refractivity contribution in [1.82, 2.24) is 0 Å². The van der Waals surface area contributed by atoms with Crippen LogP contribution in [-0.2, 0) is 45.7 Å². The van der Waals surface area contributed by atoms with Gasteiger partial charge in [0, 0.05) is 0 Å². The summed E-state index contributed by atoms with van der Waals surface area (Å²) in [5.74, 6) is -0.532. The Hall–Kier alpha value is -3.86. The van der Waals surface area contributed by atoms with E-state index in [0.29, 0.717) is 30.6 Å². The van der Waals surface area contributed by atoms with E-state index < -0.39 is 10.1 Å². The molecule has 0 aliphatic carbocycles. The molecular weight excluding hydrogens is 950 g/mol. The molecule has 58 heavy (non-hydrogen) atoms. The maximum Gasteiger partial charge on any atom is 0.343 e. The lowest BCUT2D eigenvalue weighted by Gasteiger charge is -2.11. The second-order valence-electron chi connectivity index (χ2n) is 11.2. The number of benzene rings is 6. The second kappa shape index (κ2) is 27.8. The standard InChI is InChI=1S/2C21H19O2S.CH2Cl2.CH4O4S.HI/c2*1-2-23-21(22)19-15-9-10-16-20(19)24(17-11-5-3-6-12-17)18-13-7-4-8-14-18;2-1-3;1-6(3,4)5-2;/h2*3-16H,2H2,1H3;1H2;2H,1H3;1H/q2*+1;;;/p-2. The summed E-state index contributed by atoms with van der Waals surface area (Å²) in [6, 6.07) is 56.6. The van der Waals surface area contributed by atoms with E-state index in [9.17, 15) is 18.0 Å². The average Bonchev–Trinajstić information content (AvgIpc) is 3.24. The zero-order valence-electron chi connectivity index (χ0n) is 31.9. The number of esters is 2. The van der Waals surface area contributed by atoms with Crippen molar-refractivity contribution in [2.24, 2.45) is 0 Å². The molecule has 0 N–H and O–H groups in total. The summed E-state index contributed by atoms with van der Waals surface area (Å²) in [4.78, 5) is 31.5. The summed E-state index contributed by atoms with van der Waals surface area (Å²) < 4.78 is 32.1. The lowest BCUT2D eigenvalue weighted by atomic mass is 10.2. The third-order valence-corrected chi connectivity index (χ3v) is 12.1. The molecule has 0 saturated carbocycles. The van der Waals surface area contributed by atoms with Gasteiger partial charge in [0.25, 0.3) is 10.1 Å². The Morgan fingerprint density at radius 1 is 0.517 bits per heavy atom. The van der Waals surface area contributed by atoms with Gasteiger partial charge in [-0.25, -0.2) is 18.0 Å². The van der Waals surface area contributed by atoms with Gasteiger partial charge in [0.05, 0.1) is 24.8 Å². The molecule has 8 nitrogen and oxygen atoms in total. The van der Waals surface area contributed by atoms with Gasteiger partial charge >= 0.3 is 11.9 Å². The minimum absolute atomic E-state index is 0. The Labute approximate surface area is 374 Å². The molecule has 0 radical (unpaired) electrons. The lowest BCUT2D eigenvalue weighted by Crippen LogP contribution is -3.00. The molecule has 306 valence electrons. The molecule has 14 heteroatoms. The van der Waals surface area contributed by atoms with E-state index in [1.54, 1.807) is 0 Å². The van der Waals surface area contributed by atoms with Gasteiger partial charge in [0.2, 0.25) is 0 Å². The first-order chi connectivity index (χ1) is 27.6. The molecule has 0 fully saturated rings. The van der Waals surface area contributed by atoms with Crippen molar-refractivity contribution in [1.29, 1.82) is 0 Å². The Balaban J connectivity index is 0.000000327. The molecular formula is C44H43Cl2IO8S3. The van der Waals surface area contributed by atoms with Crippen molar-refractivity contribution in [3.05, 3.63) is 181 Å². The summed E-state index contributed by atoms with van der Waals surface area (Å²) >= 11 is 9.53. The summed E-state index contributed by atoms with van der Waals surface area (Å²) in [5, 5.41) is 9.06. The number of hydrogen-bond donors (Lipinski definition) is 0. The van der Waals surface area contributed by atoms with Gasteiger partial charge in [-0.1, -0.05) is 97.1 Å². The van der Waals surface area contributed by atoms with Crippen molar-refractivity contribution >= 4 is 67.0 Å². The Morgan fingerprint density at radius 3 is 0.966 bits per heavy atom. The van der Waals surface area contributed by atoms with Crippen LogP contribution in [-0.4, -0.2) is 45.2 Å². The van der Waals surface area contributed by atoms with Gasteiger partial charge in [-0.15, -0.1) is 23.2 Å². The number of carbonyl (C=O) groups excluding carboxylic acids is 2. The molecule has 0 spiro atoms. The summed E-state index contributed by atoms with van der Waals surface area (Å²) in [6.45, 7) is 4.40. The molecule has 0 saturated heterocycles. The first-order valence-corrected chi connectivity index (χ1v) is 22.8. The van der Waals surface area contributed by atoms with Gasteiger partial charge in [0.1, 0.15) is 32.9 Å². The molecule has 6 rings (SSSR count). The van der Waals surface area contributed by atoms with Crippen LogP contribution in [0.25, 0.3) is 0 Å². The average molecular weight is 994 g/mol. The smallest absolute Gasteiger partial charge is 0.343 e. The highest BCUT2D eigenvalue weighted by atomic mass is 127. The van der Waals surface area contributed by atoms with Crippen LogP contribution in [0.3, 0.4) is 0 Å². The highest BCUT2D eigenvalue weighted by molar-refractivity contribution is 7.97. The van der Waals surface area contributed by atoms with Crippen LogP contribution in [0.15, 0.2) is 199 Å². The highest BCUT2D eigenvalue weighted by Crippen LogP contribution is 2.34. The Morgan fingerprint density at radius 2 is 0.741 bits per heavy atom. The van der Waals surface area contributed by atoms with E-state index in [0.717, 1.165) is 9.79 Å². The zero-order chi connectivity index (χ0) is 41.5. The van der Waals surface area contributed by atoms with Crippen LogP contribution in [0.4, 0.5) is 0 Å². The number of halogens is 3. The fourth-order valence-electron chi connectivity index (χ4n) is 5.05. The first-order valence-electron chi connectivity index (χ1n) is 17.4. The van der Waals surface area contributed by atoms with E-state index in [1.165, 1.54) is 19.6 Å². The second-order valence-corrected chi connectivity index (χ2v) is 17.5. The van der Waals surface area contributed by atoms with Crippen LogP contribution < -0.4 is 29.2 Å². The molecule has 0 aromatic heterocycles. The van der Waals surface area contributed by atoms with Crippen molar-refractivity contribution in [3.63, 3.8) is 0 Å². The van der Waals surface area contributed by atoms with Gasteiger partial charge in [0.15, 0.2) is 29.4 Å². The number of ether oxygens (including phenoxy) is 2. The lowest BCUT2D eigenvalue weighted by molar-refractivity contribution is -0.634. The van der Waals surface area contributed by atoms with Crippen molar-refractivity contribution in [2.75, 3.05) is 24.8 Å². The summed E-state index contributed by atoms with van der Waals surface area (Å²) in [6.07, 6.45) is 0.681.